The third-order valence-corrected chi connectivity index (χ3v) is 3.95. The van der Waals surface area contributed by atoms with Gasteiger partial charge in [0.2, 0.25) is 5.95 Å². The number of aryl methyl sites for hydroxylation is 1. The van der Waals surface area contributed by atoms with Crippen molar-refractivity contribution in [1.82, 2.24) is 25.2 Å². The Morgan fingerprint density at radius 1 is 1.12 bits per heavy atom. The molecular weight excluding hydrogens is 304 g/mol. The molecule has 2 aromatic heterocycles. The van der Waals surface area contributed by atoms with Crippen LogP contribution in [0.2, 0.25) is 0 Å². The largest absolute Gasteiger partial charge is 0.349 e. The van der Waals surface area contributed by atoms with Crippen molar-refractivity contribution in [2.24, 2.45) is 0 Å². The summed E-state index contributed by atoms with van der Waals surface area (Å²) in [5.74, 6) is 0.359. The quantitative estimate of drug-likeness (QED) is 0.841. The Bertz CT molecular complexity index is 664. The summed E-state index contributed by atoms with van der Waals surface area (Å²) in [6, 6.07) is 3.49. The fourth-order valence-corrected chi connectivity index (χ4v) is 2.61. The lowest BCUT2D eigenvalue weighted by atomic mass is 10.3. The van der Waals surface area contributed by atoms with Crippen LogP contribution in [-0.2, 0) is 0 Å². The van der Waals surface area contributed by atoms with Crippen molar-refractivity contribution < 1.29 is 4.79 Å². The summed E-state index contributed by atoms with van der Waals surface area (Å²) < 4.78 is 0. The molecule has 0 aliphatic carbocycles. The van der Waals surface area contributed by atoms with E-state index in [1.54, 1.807) is 30.7 Å². The summed E-state index contributed by atoms with van der Waals surface area (Å²) in [6.07, 6.45) is 7.61. The Kier molecular flexibility index (Phi) is 5.32. The highest BCUT2D eigenvalue weighted by Crippen LogP contribution is 2.11. The predicted octanol–water partition coefficient (Wildman–Crippen LogP) is 1.75. The third kappa shape index (κ3) is 4.48. The van der Waals surface area contributed by atoms with E-state index < -0.39 is 0 Å². The van der Waals surface area contributed by atoms with Crippen molar-refractivity contribution in [3.8, 4) is 0 Å². The van der Waals surface area contributed by atoms with E-state index >= 15 is 0 Å². The van der Waals surface area contributed by atoms with E-state index in [1.165, 1.54) is 12.8 Å². The minimum atomic E-state index is -0.146. The maximum Gasteiger partial charge on any atom is 0.269 e. The van der Waals surface area contributed by atoms with Crippen LogP contribution >= 0.6 is 0 Å². The van der Waals surface area contributed by atoms with Gasteiger partial charge in [0.15, 0.2) is 0 Å². The molecule has 0 atom stereocenters. The first-order valence-electron chi connectivity index (χ1n) is 8.23. The van der Waals surface area contributed by atoms with Gasteiger partial charge in [-0.2, -0.15) is 0 Å². The number of pyridine rings is 1. The van der Waals surface area contributed by atoms with Crippen molar-refractivity contribution in [2.75, 3.05) is 31.5 Å². The first kappa shape index (κ1) is 16.3. The Morgan fingerprint density at radius 2 is 1.88 bits per heavy atom. The van der Waals surface area contributed by atoms with Gasteiger partial charge in [-0.25, -0.2) is 15.0 Å². The normalized spacial score (nSPS) is 14.5. The summed E-state index contributed by atoms with van der Waals surface area (Å²) in [7, 11) is 0. The van der Waals surface area contributed by atoms with Crippen LogP contribution < -0.4 is 10.6 Å². The smallest absolute Gasteiger partial charge is 0.269 e. The van der Waals surface area contributed by atoms with Crippen molar-refractivity contribution >= 4 is 17.5 Å². The zero-order valence-corrected chi connectivity index (χ0v) is 13.8. The highest BCUT2D eigenvalue weighted by molar-refractivity contribution is 5.92. The van der Waals surface area contributed by atoms with Crippen LogP contribution in [0, 0.1) is 6.92 Å². The van der Waals surface area contributed by atoms with Gasteiger partial charge in [0.05, 0.1) is 11.9 Å². The van der Waals surface area contributed by atoms with Crippen LogP contribution in [-0.4, -0.2) is 51.9 Å². The van der Waals surface area contributed by atoms with Gasteiger partial charge >= 0.3 is 0 Å². The zero-order valence-electron chi connectivity index (χ0n) is 13.8. The van der Waals surface area contributed by atoms with Gasteiger partial charge in [0, 0.05) is 25.5 Å². The molecule has 7 heteroatoms. The van der Waals surface area contributed by atoms with E-state index in [0.717, 1.165) is 30.9 Å². The monoisotopic (exact) mass is 326 g/mol. The number of hydrogen-bond acceptors (Lipinski definition) is 6. The number of amides is 1. The summed E-state index contributed by atoms with van der Waals surface area (Å²) in [6.45, 7) is 5.75. The van der Waals surface area contributed by atoms with Crippen LogP contribution in [0.4, 0.5) is 11.6 Å². The number of hydrogen-bond donors (Lipinski definition) is 2. The molecule has 24 heavy (non-hydrogen) atoms. The lowest BCUT2D eigenvalue weighted by Gasteiger charge is -2.14. The minimum Gasteiger partial charge on any atom is -0.349 e. The average molecular weight is 326 g/mol. The standard InChI is InChI=1S/C17H22N6O/c1-13-10-20-17(21-11-13)22-14-4-5-15(19-12-14)16(24)18-6-9-23-7-2-3-8-23/h4-5,10-12H,2-3,6-9H2,1H3,(H,18,24)(H,20,21,22). The fourth-order valence-electron chi connectivity index (χ4n) is 2.61. The Morgan fingerprint density at radius 3 is 2.54 bits per heavy atom. The molecule has 1 aliphatic rings. The van der Waals surface area contributed by atoms with E-state index in [2.05, 4.69) is 30.5 Å². The van der Waals surface area contributed by atoms with Gasteiger partial charge in [-0.3, -0.25) is 4.79 Å². The van der Waals surface area contributed by atoms with Gasteiger partial charge in [0.25, 0.3) is 5.91 Å². The van der Waals surface area contributed by atoms with Gasteiger partial charge in [-0.1, -0.05) is 0 Å². The van der Waals surface area contributed by atoms with Crippen molar-refractivity contribution in [3.63, 3.8) is 0 Å². The molecule has 0 radical (unpaired) electrons. The molecule has 2 aromatic rings. The van der Waals surface area contributed by atoms with E-state index in [-0.39, 0.29) is 5.91 Å². The van der Waals surface area contributed by atoms with Crippen LogP contribution in [0.3, 0.4) is 0 Å². The van der Waals surface area contributed by atoms with E-state index in [9.17, 15) is 4.79 Å². The molecular formula is C17H22N6O. The number of nitrogens with zero attached hydrogens (tertiary/aromatic N) is 4. The Labute approximate surface area is 141 Å². The molecule has 1 aliphatic heterocycles. The molecule has 0 spiro atoms. The van der Waals surface area contributed by atoms with Crippen LogP contribution in [0.15, 0.2) is 30.7 Å². The molecule has 0 unspecified atom stereocenters. The van der Waals surface area contributed by atoms with Gasteiger partial charge < -0.3 is 15.5 Å². The molecule has 126 valence electrons. The highest BCUT2D eigenvalue weighted by Gasteiger charge is 2.12. The number of nitrogens with one attached hydrogen (secondary N) is 2. The molecule has 0 bridgehead atoms. The van der Waals surface area contributed by atoms with Crippen molar-refractivity contribution in [2.45, 2.75) is 19.8 Å². The SMILES string of the molecule is Cc1cnc(Nc2ccc(C(=O)NCCN3CCCC3)nc2)nc1. The second kappa shape index (κ2) is 7.83. The molecule has 0 saturated carbocycles. The predicted molar refractivity (Wildman–Crippen MR) is 92.3 cm³/mol. The topological polar surface area (TPSA) is 83.0 Å². The number of likely N-dealkylation sites (tertiary alicyclic amines) is 1. The van der Waals surface area contributed by atoms with Gasteiger partial charge in [-0.05, 0) is 50.6 Å². The zero-order chi connectivity index (χ0) is 16.8. The first-order chi connectivity index (χ1) is 11.7. The molecule has 0 aromatic carbocycles. The molecule has 1 amide bonds. The average Bonchev–Trinajstić information content (AvgIpc) is 3.11. The molecule has 3 heterocycles. The number of carbonyl (C=O) groups excluding carboxylic acids is 1. The third-order valence-electron chi connectivity index (χ3n) is 3.95. The Balaban J connectivity index is 1.49. The molecule has 2 N–H and O–H groups in total. The van der Waals surface area contributed by atoms with Crippen molar-refractivity contribution in [3.05, 3.63) is 42.0 Å². The Hall–Kier alpha value is -2.54. The van der Waals surface area contributed by atoms with Crippen LogP contribution in [0.5, 0.6) is 0 Å². The van der Waals surface area contributed by atoms with Gasteiger partial charge in [-0.15, -0.1) is 0 Å². The maximum atomic E-state index is 12.1. The lowest BCUT2D eigenvalue weighted by Crippen LogP contribution is -2.33. The highest BCUT2D eigenvalue weighted by atomic mass is 16.1. The summed E-state index contributed by atoms with van der Waals surface area (Å²) in [4.78, 5) is 27.0. The minimum absolute atomic E-state index is 0.146. The second-order valence-electron chi connectivity index (χ2n) is 5.95. The van der Waals surface area contributed by atoms with E-state index in [0.29, 0.717) is 18.2 Å². The molecule has 7 nitrogen and oxygen atoms in total. The molecule has 1 fully saturated rings. The van der Waals surface area contributed by atoms with E-state index in [4.69, 9.17) is 0 Å². The van der Waals surface area contributed by atoms with Crippen LogP contribution in [0.25, 0.3) is 0 Å². The maximum absolute atomic E-state index is 12.1. The number of aromatic nitrogens is 3. The number of anilines is 2. The summed E-state index contributed by atoms with van der Waals surface area (Å²) >= 11 is 0. The summed E-state index contributed by atoms with van der Waals surface area (Å²) in [5, 5.41) is 5.97. The number of carbonyl (C=O) groups is 1. The van der Waals surface area contributed by atoms with E-state index in [1.807, 2.05) is 6.92 Å². The van der Waals surface area contributed by atoms with Crippen molar-refractivity contribution in [1.29, 1.82) is 0 Å². The lowest BCUT2D eigenvalue weighted by molar-refractivity contribution is 0.0945. The molecule has 1 saturated heterocycles. The summed E-state index contributed by atoms with van der Waals surface area (Å²) in [5.41, 5.74) is 2.15. The second-order valence-corrected chi connectivity index (χ2v) is 5.95. The molecule has 3 rings (SSSR count). The number of rotatable bonds is 6. The first-order valence-corrected chi connectivity index (χ1v) is 8.23. The van der Waals surface area contributed by atoms with Crippen LogP contribution in [0.1, 0.15) is 28.9 Å². The fraction of sp³-hybridized carbons (Fsp3) is 0.412. The van der Waals surface area contributed by atoms with Gasteiger partial charge in [0.1, 0.15) is 5.69 Å².